The van der Waals surface area contributed by atoms with Gasteiger partial charge < -0.3 is 0 Å². The minimum Gasteiger partial charge on any atom is -0.235 e. The highest BCUT2D eigenvalue weighted by Crippen LogP contribution is 2.18. The third-order valence-electron chi connectivity index (χ3n) is 1.92. The Bertz CT molecular complexity index is 454. The summed E-state index contributed by atoms with van der Waals surface area (Å²) in [5.41, 5.74) is 0. The molecule has 1 N–H and O–H groups in total. The topological polar surface area (TPSA) is 76.9 Å². The van der Waals surface area contributed by atoms with Crippen LogP contribution in [0.5, 0.6) is 0 Å². The van der Waals surface area contributed by atoms with E-state index in [0.29, 0.717) is 0 Å². The van der Waals surface area contributed by atoms with Crippen molar-refractivity contribution in [2.75, 3.05) is 11.5 Å². The third-order valence-corrected chi connectivity index (χ3v) is 5.54. The molecule has 0 radical (unpaired) electrons. The van der Waals surface area contributed by atoms with Crippen LogP contribution in [-0.4, -0.2) is 41.0 Å². The Balaban J connectivity index is 2.83. The molecule has 0 spiro atoms. The van der Waals surface area contributed by atoms with E-state index in [2.05, 4.69) is 31.0 Å². The maximum Gasteiger partial charge on any atom is 0.260 e. The average molecular weight is 343 g/mol. The van der Waals surface area contributed by atoms with Crippen molar-refractivity contribution in [1.82, 2.24) is 19.7 Å². The van der Waals surface area contributed by atoms with Gasteiger partial charge in [0.1, 0.15) is 0 Å². The highest BCUT2D eigenvalue weighted by atomic mass is 79.9. The van der Waals surface area contributed by atoms with Gasteiger partial charge in [-0.05, 0) is 28.6 Å². The Morgan fingerprint density at radius 1 is 1.59 bits per heavy atom. The van der Waals surface area contributed by atoms with E-state index < -0.39 is 10.0 Å². The number of sulfonamides is 1. The molecule has 6 nitrogen and oxygen atoms in total. The molecule has 0 amide bonds. The van der Waals surface area contributed by atoms with Gasteiger partial charge in [0.2, 0.25) is 5.03 Å². The zero-order valence-corrected chi connectivity index (χ0v) is 13.1. The van der Waals surface area contributed by atoms with E-state index >= 15 is 0 Å². The van der Waals surface area contributed by atoms with Gasteiger partial charge in [-0.2, -0.15) is 11.8 Å². The van der Waals surface area contributed by atoms with Crippen molar-refractivity contribution < 1.29 is 8.42 Å². The van der Waals surface area contributed by atoms with Crippen LogP contribution in [0.1, 0.15) is 13.8 Å². The first-order valence-electron chi connectivity index (χ1n) is 5.03. The van der Waals surface area contributed by atoms with Crippen LogP contribution < -0.4 is 4.72 Å². The van der Waals surface area contributed by atoms with E-state index in [1.165, 1.54) is 11.7 Å². The molecule has 0 aliphatic heterocycles. The van der Waals surface area contributed by atoms with Crippen molar-refractivity contribution in [3.8, 4) is 0 Å². The van der Waals surface area contributed by atoms with Crippen molar-refractivity contribution in [3.05, 3.63) is 4.60 Å². The molecule has 1 aromatic heterocycles. The third kappa shape index (κ3) is 3.94. The summed E-state index contributed by atoms with van der Waals surface area (Å²) in [4.78, 5) is 0. The number of hydrogen-bond donors (Lipinski definition) is 1. The molecule has 9 heteroatoms. The molecule has 98 valence electrons. The molecule has 1 unspecified atom stereocenters. The standard InChI is InChI=1S/C8H15BrN4O2S2/c1-4-16-5-6(2)11-17(14,15)8-7(9)10-12-13(8)3/h6,11H,4-5H2,1-3H3. The zero-order chi connectivity index (χ0) is 13.1. The number of aryl methyl sites for hydroxylation is 1. The number of thioether (sulfide) groups is 1. The van der Waals surface area contributed by atoms with Gasteiger partial charge in [0, 0.05) is 18.8 Å². The summed E-state index contributed by atoms with van der Waals surface area (Å²) in [5.74, 6) is 1.70. The van der Waals surface area contributed by atoms with Gasteiger partial charge in [-0.15, -0.1) is 5.10 Å². The molecule has 1 rings (SSSR count). The number of nitrogens with zero attached hydrogens (tertiary/aromatic N) is 3. The predicted octanol–water partition coefficient (Wildman–Crippen LogP) is 0.998. The zero-order valence-electron chi connectivity index (χ0n) is 9.84. The molecule has 0 aliphatic rings. The van der Waals surface area contributed by atoms with Gasteiger partial charge in [0.25, 0.3) is 10.0 Å². The molecule has 1 heterocycles. The normalized spacial score (nSPS) is 13.9. The van der Waals surface area contributed by atoms with E-state index in [1.807, 2.05) is 13.8 Å². The van der Waals surface area contributed by atoms with E-state index in [-0.39, 0.29) is 15.7 Å². The summed E-state index contributed by atoms with van der Waals surface area (Å²) < 4.78 is 28.2. The first-order valence-corrected chi connectivity index (χ1v) is 8.46. The number of aromatic nitrogens is 3. The van der Waals surface area contributed by atoms with Crippen LogP contribution in [0, 0.1) is 0 Å². The SMILES string of the molecule is CCSCC(C)NS(=O)(=O)c1c(Br)nnn1C. The van der Waals surface area contributed by atoms with Crippen molar-refractivity contribution >= 4 is 37.7 Å². The molecule has 0 fully saturated rings. The first kappa shape index (κ1) is 14.9. The summed E-state index contributed by atoms with van der Waals surface area (Å²) >= 11 is 4.76. The summed E-state index contributed by atoms with van der Waals surface area (Å²) in [6.07, 6.45) is 0. The number of rotatable bonds is 6. The van der Waals surface area contributed by atoms with Gasteiger partial charge in [-0.25, -0.2) is 17.8 Å². The molecular formula is C8H15BrN4O2S2. The number of halogens is 1. The van der Waals surface area contributed by atoms with Crippen molar-refractivity contribution in [3.63, 3.8) is 0 Å². The predicted molar refractivity (Wildman–Crippen MR) is 71.5 cm³/mol. The fraction of sp³-hybridized carbons (Fsp3) is 0.750. The van der Waals surface area contributed by atoms with Crippen LogP contribution in [0.3, 0.4) is 0 Å². The smallest absolute Gasteiger partial charge is 0.235 e. The maximum absolute atomic E-state index is 12.1. The lowest BCUT2D eigenvalue weighted by Gasteiger charge is -2.13. The summed E-state index contributed by atoms with van der Waals surface area (Å²) in [6.45, 7) is 3.87. The van der Waals surface area contributed by atoms with Gasteiger partial charge in [0.05, 0.1) is 0 Å². The highest BCUT2D eigenvalue weighted by Gasteiger charge is 2.25. The Morgan fingerprint density at radius 2 is 2.24 bits per heavy atom. The Hall–Kier alpha value is -0.120. The van der Waals surface area contributed by atoms with Crippen molar-refractivity contribution in [2.45, 2.75) is 24.9 Å². The minimum atomic E-state index is -3.58. The van der Waals surface area contributed by atoms with Crippen molar-refractivity contribution in [1.29, 1.82) is 0 Å². The second-order valence-corrected chi connectivity index (χ2v) is 7.19. The monoisotopic (exact) mass is 342 g/mol. The Kier molecular flexibility index (Phi) is 5.42. The van der Waals surface area contributed by atoms with Gasteiger partial charge in [-0.3, -0.25) is 0 Å². The van der Waals surface area contributed by atoms with E-state index in [1.54, 1.807) is 11.8 Å². The summed E-state index contributed by atoms with van der Waals surface area (Å²) in [5, 5.41) is 7.35. The van der Waals surface area contributed by atoms with Crippen LogP contribution in [0.2, 0.25) is 0 Å². The van der Waals surface area contributed by atoms with Crippen LogP contribution in [-0.2, 0) is 17.1 Å². The number of hydrogen-bond acceptors (Lipinski definition) is 5. The molecular weight excluding hydrogens is 328 g/mol. The second-order valence-electron chi connectivity index (χ2n) is 3.49. The fourth-order valence-corrected chi connectivity index (χ4v) is 4.37. The number of nitrogens with one attached hydrogen (secondary N) is 1. The van der Waals surface area contributed by atoms with E-state index in [0.717, 1.165) is 11.5 Å². The molecule has 17 heavy (non-hydrogen) atoms. The molecule has 0 aliphatic carbocycles. The lowest BCUT2D eigenvalue weighted by Crippen LogP contribution is -2.35. The van der Waals surface area contributed by atoms with Crippen LogP contribution >= 0.6 is 27.7 Å². The van der Waals surface area contributed by atoms with Crippen LogP contribution in [0.25, 0.3) is 0 Å². The first-order chi connectivity index (χ1) is 7.88. The van der Waals surface area contributed by atoms with Gasteiger partial charge in [-0.1, -0.05) is 12.1 Å². The Morgan fingerprint density at radius 3 is 2.71 bits per heavy atom. The molecule has 0 saturated carbocycles. The molecule has 1 aromatic rings. The minimum absolute atomic E-state index is 0.0471. The molecule has 0 bridgehead atoms. The quantitative estimate of drug-likeness (QED) is 0.834. The van der Waals surface area contributed by atoms with Gasteiger partial charge in [0.15, 0.2) is 4.60 Å². The molecule has 1 atom stereocenters. The van der Waals surface area contributed by atoms with Gasteiger partial charge >= 0.3 is 0 Å². The lowest BCUT2D eigenvalue weighted by atomic mass is 10.4. The maximum atomic E-state index is 12.1. The van der Waals surface area contributed by atoms with Crippen LogP contribution in [0.4, 0.5) is 0 Å². The Labute approximate surface area is 114 Å². The second kappa shape index (κ2) is 6.17. The lowest BCUT2D eigenvalue weighted by molar-refractivity contribution is 0.551. The average Bonchev–Trinajstić information content (AvgIpc) is 2.55. The van der Waals surface area contributed by atoms with E-state index in [4.69, 9.17) is 0 Å². The highest BCUT2D eigenvalue weighted by molar-refractivity contribution is 9.10. The molecule has 0 saturated heterocycles. The van der Waals surface area contributed by atoms with E-state index in [9.17, 15) is 8.42 Å². The largest absolute Gasteiger partial charge is 0.260 e. The fourth-order valence-electron chi connectivity index (χ4n) is 1.26. The van der Waals surface area contributed by atoms with Crippen molar-refractivity contribution in [2.24, 2.45) is 7.05 Å². The molecule has 0 aromatic carbocycles. The summed E-state index contributed by atoms with van der Waals surface area (Å²) in [6, 6.07) is -0.133. The van der Waals surface area contributed by atoms with Crippen LogP contribution in [0.15, 0.2) is 9.63 Å². The summed E-state index contributed by atoms with van der Waals surface area (Å²) in [7, 11) is -2.04.